The molecule has 0 aromatic carbocycles. The molecular weight excluding hydrogens is 340 g/mol. The zero-order valence-corrected chi connectivity index (χ0v) is 16.2. The first-order valence-corrected chi connectivity index (χ1v) is 10.2. The van der Waals surface area contributed by atoms with Gasteiger partial charge in [0.05, 0.1) is 12.0 Å². The van der Waals surface area contributed by atoms with Gasteiger partial charge in [-0.2, -0.15) is 0 Å². The summed E-state index contributed by atoms with van der Waals surface area (Å²) in [5.41, 5.74) is 3.38. The van der Waals surface area contributed by atoms with E-state index in [9.17, 15) is 9.59 Å². The number of fused-ring (bicyclic) bond motifs is 1. The van der Waals surface area contributed by atoms with Crippen molar-refractivity contribution in [2.75, 3.05) is 6.54 Å². The summed E-state index contributed by atoms with van der Waals surface area (Å²) in [5, 5.41) is 2.89. The topological polar surface area (TPSA) is 79.8 Å². The molecule has 2 heterocycles. The molecule has 0 atom stereocenters. The van der Waals surface area contributed by atoms with Gasteiger partial charge >= 0.3 is 0 Å². The minimum absolute atomic E-state index is 0.139. The Morgan fingerprint density at radius 1 is 1.26 bits per heavy atom. The second-order valence-corrected chi connectivity index (χ2v) is 7.32. The summed E-state index contributed by atoms with van der Waals surface area (Å²) >= 11 is 0. The molecule has 1 amide bonds. The van der Waals surface area contributed by atoms with Crippen molar-refractivity contribution >= 4 is 5.91 Å². The van der Waals surface area contributed by atoms with E-state index in [4.69, 9.17) is 0 Å². The van der Waals surface area contributed by atoms with Gasteiger partial charge in [-0.1, -0.05) is 26.2 Å². The Balaban J connectivity index is 1.83. The second-order valence-electron chi connectivity index (χ2n) is 7.32. The molecule has 6 nitrogen and oxygen atoms in total. The number of aryl methyl sites for hydroxylation is 1. The fourth-order valence-electron chi connectivity index (χ4n) is 3.78. The van der Waals surface area contributed by atoms with E-state index < -0.39 is 0 Å². The standard InChI is InChI=1S/C21H30N4O2/c1-2-3-12-25-19-9-7-5-4-6-8-16(19)13-18(21(25)27)20(26)23-11-10-17-14-22-15-24-17/h13-15H,2-12H2,1H3,(H,22,24)(H,23,26). The smallest absolute Gasteiger partial charge is 0.263 e. The minimum Gasteiger partial charge on any atom is -0.351 e. The van der Waals surface area contributed by atoms with E-state index in [0.29, 0.717) is 19.5 Å². The molecule has 0 radical (unpaired) electrons. The van der Waals surface area contributed by atoms with Gasteiger partial charge < -0.3 is 14.9 Å². The van der Waals surface area contributed by atoms with Crippen LogP contribution in [0.25, 0.3) is 0 Å². The Morgan fingerprint density at radius 3 is 2.81 bits per heavy atom. The summed E-state index contributed by atoms with van der Waals surface area (Å²) in [6.07, 6.45) is 12.6. The van der Waals surface area contributed by atoms with Crippen LogP contribution >= 0.6 is 0 Å². The highest BCUT2D eigenvalue weighted by Gasteiger charge is 2.19. The predicted octanol–water partition coefficient (Wildman–Crippen LogP) is 3.00. The molecule has 2 aromatic rings. The number of hydrogen-bond donors (Lipinski definition) is 2. The highest BCUT2D eigenvalue weighted by atomic mass is 16.2. The van der Waals surface area contributed by atoms with Gasteiger partial charge in [0, 0.05) is 31.4 Å². The molecule has 0 saturated carbocycles. The summed E-state index contributed by atoms with van der Waals surface area (Å²) < 4.78 is 1.88. The minimum atomic E-state index is -0.273. The van der Waals surface area contributed by atoms with Gasteiger partial charge in [-0.05, 0) is 43.7 Å². The zero-order chi connectivity index (χ0) is 19.1. The third kappa shape index (κ3) is 4.87. The Labute approximate surface area is 160 Å². The highest BCUT2D eigenvalue weighted by Crippen LogP contribution is 2.20. The predicted molar refractivity (Wildman–Crippen MR) is 106 cm³/mol. The highest BCUT2D eigenvalue weighted by molar-refractivity contribution is 5.94. The van der Waals surface area contributed by atoms with Crippen LogP contribution in [0.2, 0.25) is 0 Å². The van der Waals surface area contributed by atoms with Gasteiger partial charge in [0.15, 0.2) is 0 Å². The molecule has 6 heteroatoms. The molecular formula is C21H30N4O2. The average molecular weight is 370 g/mol. The number of imidazole rings is 1. The van der Waals surface area contributed by atoms with Crippen molar-refractivity contribution in [3.8, 4) is 0 Å². The number of hydrogen-bond acceptors (Lipinski definition) is 3. The van der Waals surface area contributed by atoms with Crippen LogP contribution in [0, 0.1) is 0 Å². The van der Waals surface area contributed by atoms with Crippen molar-refractivity contribution < 1.29 is 4.79 Å². The molecule has 27 heavy (non-hydrogen) atoms. The molecule has 2 N–H and O–H groups in total. The second kappa shape index (κ2) is 9.53. The van der Waals surface area contributed by atoms with Crippen LogP contribution in [0.15, 0.2) is 23.4 Å². The SMILES string of the molecule is CCCCn1c2c(cc(C(=O)NCCc3c[nH]cn3)c1=O)CCCCCC2. The number of H-pyrrole nitrogens is 1. The molecule has 146 valence electrons. The van der Waals surface area contributed by atoms with Gasteiger partial charge in [-0.3, -0.25) is 9.59 Å². The lowest BCUT2D eigenvalue weighted by atomic mass is 9.95. The molecule has 2 aromatic heterocycles. The Hall–Kier alpha value is -2.37. The maximum absolute atomic E-state index is 13.1. The Bertz CT molecular complexity index is 808. The third-order valence-electron chi connectivity index (χ3n) is 5.30. The monoisotopic (exact) mass is 370 g/mol. The van der Waals surface area contributed by atoms with Crippen LogP contribution in [-0.4, -0.2) is 27.0 Å². The number of nitrogens with one attached hydrogen (secondary N) is 2. The van der Waals surface area contributed by atoms with Gasteiger partial charge in [0.2, 0.25) is 0 Å². The fraction of sp³-hybridized carbons (Fsp3) is 0.571. The molecule has 0 spiro atoms. The van der Waals surface area contributed by atoms with Crippen molar-refractivity contribution in [1.29, 1.82) is 0 Å². The quantitative estimate of drug-likeness (QED) is 0.786. The van der Waals surface area contributed by atoms with Crippen molar-refractivity contribution in [3.05, 3.63) is 51.5 Å². The summed E-state index contributed by atoms with van der Waals surface area (Å²) in [6, 6.07) is 1.86. The number of pyridine rings is 1. The van der Waals surface area contributed by atoms with Gasteiger partial charge in [-0.15, -0.1) is 0 Å². The summed E-state index contributed by atoms with van der Waals surface area (Å²) in [5.74, 6) is -0.273. The van der Waals surface area contributed by atoms with Crippen LogP contribution < -0.4 is 10.9 Å². The molecule has 0 unspecified atom stereocenters. The van der Waals surface area contributed by atoms with E-state index in [1.54, 1.807) is 6.33 Å². The number of carbonyl (C=O) groups excluding carboxylic acids is 1. The summed E-state index contributed by atoms with van der Waals surface area (Å²) in [7, 11) is 0. The zero-order valence-electron chi connectivity index (χ0n) is 16.2. The summed E-state index contributed by atoms with van der Waals surface area (Å²) in [4.78, 5) is 32.8. The van der Waals surface area contributed by atoms with Crippen LogP contribution in [-0.2, 0) is 25.8 Å². The van der Waals surface area contributed by atoms with Crippen molar-refractivity contribution in [1.82, 2.24) is 19.9 Å². The number of aromatic amines is 1. The molecule has 3 rings (SSSR count). The number of carbonyl (C=O) groups is 1. The van der Waals surface area contributed by atoms with E-state index >= 15 is 0 Å². The van der Waals surface area contributed by atoms with Crippen molar-refractivity contribution in [3.63, 3.8) is 0 Å². The normalized spacial score (nSPS) is 14.3. The van der Waals surface area contributed by atoms with Crippen molar-refractivity contribution in [2.45, 2.75) is 71.3 Å². The number of rotatable bonds is 7. The summed E-state index contributed by atoms with van der Waals surface area (Å²) in [6.45, 7) is 3.29. The first-order chi connectivity index (χ1) is 13.2. The lowest BCUT2D eigenvalue weighted by molar-refractivity contribution is 0.0951. The Morgan fingerprint density at radius 2 is 2.07 bits per heavy atom. The van der Waals surface area contributed by atoms with Crippen LogP contribution in [0.5, 0.6) is 0 Å². The molecule has 0 fully saturated rings. The van der Waals surface area contributed by atoms with Crippen LogP contribution in [0.1, 0.15) is 72.8 Å². The van der Waals surface area contributed by atoms with E-state index in [0.717, 1.165) is 49.9 Å². The maximum atomic E-state index is 13.1. The fourth-order valence-corrected chi connectivity index (χ4v) is 3.78. The van der Waals surface area contributed by atoms with E-state index in [1.165, 1.54) is 18.4 Å². The third-order valence-corrected chi connectivity index (χ3v) is 5.30. The first kappa shape index (κ1) is 19.4. The van der Waals surface area contributed by atoms with Gasteiger partial charge in [0.1, 0.15) is 5.56 Å². The van der Waals surface area contributed by atoms with Crippen LogP contribution in [0.3, 0.4) is 0 Å². The molecule has 0 aliphatic heterocycles. The largest absolute Gasteiger partial charge is 0.351 e. The molecule has 0 bridgehead atoms. The number of nitrogens with zero attached hydrogens (tertiary/aromatic N) is 2. The Kier molecular flexibility index (Phi) is 6.85. The van der Waals surface area contributed by atoms with Gasteiger partial charge in [-0.25, -0.2) is 4.98 Å². The van der Waals surface area contributed by atoms with E-state index in [-0.39, 0.29) is 17.0 Å². The molecule has 0 saturated heterocycles. The molecule has 1 aliphatic carbocycles. The van der Waals surface area contributed by atoms with E-state index in [2.05, 4.69) is 22.2 Å². The lowest BCUT2D eigenvalue weighted by Gasteiger charge is -2.21. The first-order valence-electron chi connectivity index (χ1n) is 10.2. The van der Waals surface area contributed by atoms with Gasteiger partial charge in [0.25, 0.3) is 11.5 Å². The lowest BCUT2D eigenvalue weighted by Crippen LogP contribution is -2.36. The van der Waals surface area contributed by atoms with Crippen LogP contribution in [0.4, 0.5) is 0 Å². The van der Waals surface area contributed by atoms with Crippen molar-refractivity contribution in [2.24, 2.45) is 0 Å². The number of unbranched alkanes of at least 4 members (excludes halogenated alkanes) is 1. The average Bonchev–Trinajstić information content (AvgIpc) is 3.15. The maximum Gasteiger partial charge on any atom is 0.263 e. The number of aromatic nitrogens is 3. The number of amides is 1. The van der Waals surface area contributed by atoms with E-state index in [1.807, 2.05) is 16.8 Å². The molecule has 1 aliphatic rings.